The zero-order valence-corrected chi connectivity index (χ0v) is 9.71. The molecule has 92 valence electrons. The summed E-state index contributed by atoms with van der Waals surface area (Å²) in [5.74, 6) is -0.742. The Hall–Kier alpha value is -0.650. The van der Waals surface area contributed by atoms with Crippen molar-refractivity contribution < 1.29 is 14.6 Å². The van der Waals surface area contributed by atoms with Crippen molar-refractivity contribution >= 4 is 5.97 Å². The van der Waals surface area contributed by atoms with Crippen molar-refractivity contribution in [2.75, 3.05) is 26.7 Å². The highest BCUT2D eigenvalue weighted by Gasteiger charge is 2.43. The maximum atomic E-state index is 10.8. The normalized spacial score (nSPS) is 25.6. The van der Waals surface area contributed by atoms with E-state index in [9.17, 15) is 4.79 Å². The lowest BCUT2D eigenvalue weighted by molar-refractivity contribution is -0.140. The maximum absolute atomic E-state index is 10.8. The van der Waals surface area contributed by atoms with E-state index in [0.29, 0.717) is 0 Å². The van der Waals surface area contributed by atoms with Gasteiger partial charge in [-0.15, -0.1) is 0 Å². The number of carboxylic acids is 1. The topological polar surface area (TPSA) is 70.6 Å². The van der Waals surface area contributed by atoms with Crippen LogP contribution in [0.5, 0.6) is 0 Å². The third-order valence-electron chi connectivity index (χ3n) is 3.90. The van der Waals surface area contributed by atoms with Crippen LogP contribution in [-0.2, 0) is 9.53 Å². The van der Waals surface area contributed by atoms with Gasteiger partial charge in [-0.05, 0) is 19.3 Å². The number of ether oxygens (including phenoxy) is 1. The van der Waals surface area contributed by atoms with Crippen LogP contribution >= 0.6 is 0 Å². The maximum Gasteiger partial charge on any atom is 0.305 e. The average molecular weight is 228 g/mol. The van der Waals surface area contributed by atoms with E-state index in [4.69, 9.17) is 9.84 Å². The van der Waals surface area contributed by atoms with E-state index in [0.717, 1.165) is 32.5 Å². The summed E-state index contributed by atoms with van der Waals surface area (Å²) < 4.78 is 5.51. The zero-order chi connectivity index (χ0) is 11.6. The van der Waals surface area contributed by atoms with E-state index < -0.39 is 5.97 Å². The van der Waals surface area contributed by atoms with Gasteiger partial charge in [0.15, 0.2) is 0 Å². The Morgan fingerprint density at radius 1 is 1.50 bits per heavy atom. The predicted molar refractivity (Wildman–Crippen MR) is 59.4 cm³/mol. The number of hydrogen-bond donors (Lipinski definition) is 3. The van der Waals surface area contributed by atoms with Crippen LogP contribution in [0, 0.1) is 0 Å². The molecular weight excluding hydrogens is 208 g/mol. The van der Waals surface area contributed by atoms with Crippen molar-refractivity contribution in [3.8, 4) is 0 Å². The third-order valence-corrected chi connectivity index (χ3v) is 3.90. The predicted octanol–water partition coefficient (Wildman–Crippen LogP) is -0.0382. The van der Waals surface area contributed by atoms with Crippen molar-refractivity contribution in [1.29, 1.82) is 0 Å². The van der Waals surface area contributed by atoms with E-state index in [1.807, 2.05) is 0 Å². The summed E-state index contributed by atoms with van der Waals surface area (Å²) in [6, 6.07) is 0. The summed E-state index contributed by atoms with van der Waals surface area (Å²) in [5.41, 5.74) is -0.298. The van der Waals surface area contributed by atoms with Crippen molar-refractivity contribution in [2.45, 2.75) is 36.8 Å². The second-order valence-corrected chi connectivity index (χ2v) is 5.05. The molecule has 2 rings (SSSR count). The quantitative estimate of drug-likeness (QED) is 0.595. The highest BCUT2D eigenvalue weighted by molar-refractivity contribution is 5.68. The molecular formula is C11H20N2O3. The molecule has 0 radical (unpaired) electrons. The third kappa shape index (κ3) is 2.21. The lowest BCUT2D eigenvalue weighted by Crippen LogP contribution is -2.70. The van der Waals surface area contributed by atoms with Crippen molar-refractivity contribution in [3.05, 3.63) is 0 Å². The molecule has 5 nitrogen and oxygen atoms in total. The minimum atomic E-state index is -0.742. The first-order chi connectivity index (χ1) is 7.60. The van der Waals surface area contributed by atoms with Gasteiger partial charge in [0, 0.05) is 26.7 Å². The minimum absolute atomic E-state index is 0.0406. The fourth-order valence-electron chi connectivity index (χ4n) is 2.40. The number of carbonyl (C=O) groups is 1. The smallest absolute Gasteiger partial charge is 0.305 e. The van der Waals surface area contributed by atoms with E-state index >= 15 is 0 Å². The second-order valence-electron chi connectivity index (χ2n) is 5.05. The Morgan fingerprint density at radius 2 is 2.19 bits per heavy atom. The van der Waals surface area contributed by atoms with Gasteiger partial charge in [-0.2, -0.15) is 0 Å². The van der Waals surface area contributed by atoms with Crippen LogP contribution in [0.15, 0.2) is 0 Å². The average Bonchev–Trinajstić information content (AvgIpc) is 2.11. The van der Waals surface area contributed by atoms with Gasteiger partial charge in [-0.3, -0.25) is 4.79 Å². The first-order valence-electron chi connectivity index (χ1n) is 5.83. The largest absolute Gasteiger partial charge is 0.481 e. The van der Waals surface area contributed by atoms with Crippen LogP contribution in [-0.4, -0.2) is 49.0 Å². The summed E-state index contributed by atoms with van der Waals surface area (Å²) >= 11 is 0. The van der Waals surface area contributed by atoms with Crippen LogP contribution in [0.25, 0.3) is 0 Å². The van der Waals surface area contributed by atoms with Crippen molar-refractivity contribution in [3.63, 3.8) is 0 Å². The number of methoxy groups -OCH3 is 1. The molecule has 1 aliphatic carbocycles. The van der Waals surface area contributed by atoms with Gasteiger partial charge in [0.1, 0.15) is 0 Å². The Morgan fingerprint density at radius 3 is 2.50 bits per heavy atom. The van der Waals surface area contributed by atoms with E-state index in [2.05, 4.69) is 10.6 Å². The van der Waals surface area contributed by atoms with Crippen LogP contribution in [0.4, 0.5) is 0 Å². The summed E-state index contributed by atoms with van der Waals surface area (Å²) in [7, 11) is 1.74. The van der Waals surface area contributed by atoms with Crippen LogP contribution < -0.4 is 10.6 Å². The van der Waals surface area contributed by atoms with Gasteiger partial charge in [0.25, 0.3) is 0 Å². The van der Waals surface area contributed by atoms with Crippen LogP contribution in [0.1, 0.15) is 25.7 Å². The summed E-state index contributed by atoms with van der Waals surface area (Å²) in [6.07, 6.45) is 3.54. The van der Waals surface area contributed by atoms with Gasteiger partial charge < -0.3 is 20.5 Å². The van der Waals surface area contributed by atoms with Gasteiger partial charge in [0.2, 0.25) is 0 Å². The molecule has 0 spiro atoms. The fourth-order valence-corrected chi connectivity index (χ4v) is 2.40. The molecule has 0 aromatic carbocycles. The van der Waals surface area contributed by atoms with Gasteiger partial charge >= 0.3 is 5.97 Å². The molecule has 1 aliphatic heterocycles. The SMILES string of the molecule is COC1(CNC2(CC(=O)O)CNC2)CCC1. The van der Waals surface area contributed by atoms with E-state index in [-0.39, 0.29) is 17.6 Å². The highest BCUT2D eigenvalue weighted by Crippen LogP contribution is 2.35. The molecule has 5 heteroatoms. The number of hydrogen-bond acceptors (Lipinski definition) is 4. The Bertz CT molecular complexity index is 267. The molecule has 3 N–H and O–H groups in total. The Labute approximate surface area is 95.5 Å². The molecule has 0 bridgehead atoms. The van der Waals surface area contributed by atoms with Gasteiger partial charge in [-0.25, -0.2) is 0 Å². The van der Waals surface area contributed by atoms with Gasteiger partial charge in [-0.1, -0.05) is 0 Å². The molecule has 1 saturated heterocycles. The molecule has 2 fully saturated rings. The summed E-state index contributed by atoms with van der Waals surface area (Å²) in [6.45, 7) is 2.23. The highest BCUT2D eigenvalue weighted by atomic mass is 16.5. The molecule has 1 saturated carbocycles. The first kappa shape index (κ1) is 11.8. The monoisotopic (exact) mass is 228 g/mol. The van der Waals surface area contributed by atoms with Gasteiger partial charge in [0.05, 0.1) is 17.6 Å². The number of rotatable bonds is 6. The molecule has 1 heterocycles. The van der Waals surface area contributed by atoms with Crippen molar-refractivity contribution in [2.24, 2.45) is 0 Å². The lowest BCUT2D eigenvalue weighted by Gasteiger charge is -2.47. The number of aliphatic carboxylic acids is 1. The lowest BCUT2D eigenvalue weighted by atomic mass is 9.78. The van der Waals surface area contributed by atoms with Crippen LogP contribution in [0.2, 0.25) is 0 Å². The molecule has 0 aromatic rings. The van der Waals surface area contributed by atoms with Crippen molar-refractivity contribution in [1.82, 2.24) is 10.6 Å². The van der Waals surface area contributed by atoms with E-state index in [1.54, 1.807) is 7.11 Å². The zero-order valence-electron chi connectivity index (χ0n) is 9.71. The molecule has 0 unspecified atom stereocenters. The molecule has 0 amide bonds. The minimum Gasteiger partial charge on any atom is -0.481 e. The Kier molecular flexibility index (Phi) is 3.19. The first-order valence-corrected chi connectivity index (χ1v) is 5.83. The molecule has 2 aliphatic rings. The summed E-state index contributed by atoms with van der Waals surface area (Å²) in [4.78, 5) is 10.8. The molecule has 0 aromatic heterocycles. The number of carboxylic acid groups (broad SMARTS) is 1. The van der Waals surface area contributed by atoms with E-state index in [1.165, 1.54) is 6.42 Å². The number of nitrogens with one attached hydrogen (secondary N) is 2. The second kappa shape index (κ2) is 4.31. The fraction of sp³-hybridized carbons (Fsp3) is 0.909. The standard InChI is InChI=1S/C11H20N2O3/c1-16-11(3-2-4-11)8-13-10(5-9(14)15)6-12-7-10/h12-13H,2-8H2,1H3,(H,14,15). The molecule has 0 atom stereocenters. The summed E-state index contributed by atoms with van der Waals surface area (Å²) in [5, 5.41) is 15.4. The molecule has 16 heavy (non-hydrogen) atoms. The van der Waals surface area contributed by atoms with Crippen LogP contribution in [0.3, 0.4) is 0 Å². The Balaban J connectivity index is 1.85.